The van der Waals surface area contributed by atoms with Gasteiger partial charge in [0.25, 0.3) is 0 Å². The van der Waals surface area contributed by atoms with E-state index in [4.69, 9.17) is 13.8 Å². The Labute approximate surface area is 337 Å². The Bertz CT molecular complexity index is 3500. The highest BCUT2D eigenvalue weighted by Crippen LogP contribution is 2.43. The van der Waals surface area contributed by atoms with Gasteiger partial charge in [0.2, 0.25) is 5.89 Å². The van der Waals surface area contributed by atoms with Gasteiger partial charge in [-0.25, -0.2) is 4.98 Å². The minimum atomic E-state index is 0.604. The van der Waals surface area contributed by atoms with Crippen molar-refractivity contribution < 1.29 is 8.83 Å². The van der Waals surface area contributed by atoms with Gasteiger partial charge >= 0.3 is 0 Å². The van der Waals surface area contributed by atoms with Crippen molar-refractivity contribution in [1.29, 1.82) is 0 Å². The molecule has 0 aliphatic carbocycles. The van der Waals surface area contributed by atoms with Gasteiger partial charge in [-0.15, -0.1) is 11.3 Å². The highest BCUT2D eigenvalue weighted by Gasteiger charge is 2.19. The number of rotatable bonds is 6. The van der Waals surface area contributed by atoms with Gasteiger partial charge in [-0.3, -0.25) is 0 Å². The van der Waals surface area contributed by atoms with Gasteiger partial charge in [-0.1, -0.05) is 115 Å². The van der Waals surface area contributed by atoms with E-state index in [0.29, 0.717) is 5.89 Å². The molecule has 0 N–H and O–H groups in total. The molecule has 0 saturated carbocycles. The zero-order valence-electron chi connectivity index (χ0n) is 31.1. The second-order valence-corrected chi connectivity index (χ2v) is 15.8. The molecule has 58 heavy (non-hydrogen) atoms. The van der Waals surface area contributed by atoms with E-state index in [1.165, 1.54) is 42.1 Å². The van der Waals surface area contributed by atoms with Gasteiger partial charge in [-0.2, -0.15) is 0 Å². The molecule has 3 heterocycles. The number of aromatic nitrogens is 1. The van der Waals surface area contributed by atoms with Crippen LogP contribution in [0.15, 0.2) is 203 Å². The third-order valence-corrected chi connectivity index (χ3v) is 12.5. The van der Waals surface area contributed by atoms with Gasteiger partial charge in [0.05, 0.1) is 5.39 Å². The quantitative estimate of drug-likeness (QED) is 0.169. The van der Waals surface area contributed by atoms with Gasteiger partial charge in [-0.05, 0) is 112 Å². The van der Waals surface area contributed by atoms with Crippen LogP contribution >= 0.6 is 11.3 Å². The van der Waals surface area contributed by atoms with Crippen molar-refractivity contribution in [2.24, 2.45) is 0 Å². The van der Waals surface area contributed by atoms with E-state index in [2.05, 4.69) is 157 Å². The Balaban J connectivity index is 0.932. The first-order chi connectivity index (χ1) is 28.7. The zero-order chi connectivity index (χ0) is 38.2. The van der Waals surface area contributed by atoms with Crippen LogP contribution in [0.3, 0.4) is 0 Å². The molecule has 4 nitrogen and oxygen atoms in total. The van der Waals surface area contributed by atoms with E-state index in [1.807, 2.05) is 53.8 Å². The lowest BCUT2D eigenvalue weighted by molar-refractivity contribution is 0.622. The van der Waals surface area contributed by atoms with Crippen molar-refractivity contribution >= 4 is 92.4 Å². The molecular weight excluding hydrogens is 729 g/mol. The molecule has 0 fully saturated rings. The van der Waals surface area contributed by atoms with Crippen molar-refractivity contribution in [2.75, 3.05) is 4.90 Å². The van der Waals surface area contributed by atoms with E-state index in [9.17, 15) is 0 Å². The van der Waals surface area contributed by atoms with Gasteiger partial charge in [0, 0.05) is 48.2 Å². The number of anilines is 3. The average Bonchev–Trinajstić information content (AvgIpc) is 4.00. The number of furan rings is 1. The summed E-state index contributed by atoms with van der Waals surface area (Å²) in [7, 11) is 0. The number of oxazole rings is 1. The third-order valence-electron chi connectivity index (χ3n) is 11.3. The molecule has 5 heteroatoms. The molecule has 0 unspecified atom stereocenters. The molecule has 0 aliphatic rings. The predicted molar refractivity (Wildman–Crippen MR) is 243 cm³/mol. The van der Waals surface area contributed by atoms with Crippen LogP contribution in [-0.2, 0) is 0 Å². The summed E-state index contributed by atoms with van der Waals surface area (Å²) in [5.74, 6) is 0.604. The normalized spacial score (nSPS) is 11.8. The number of fused-ring (bicyclic) bond motifs is 9. The summed E-state index contributed by atoms with van der Waals surface area (Å²) in [5, 5.41) is 7.03. The highest BCUT2D eigenvalue weighted by molar-refractivity contribution is 7.25. The minimum absolute atomic E-state index is 0.604. The molecule has 0 amide bonds. The topological polar surface area (TPSA) is 42.4 Å². The van der Waals surface area contributed by atoms with E-state index in [1.54, 1.807) is 0 Å². The minimum Gasteiger partial charge on any atom is -0.456 e. The third kappa shape index (κ3) is 5.32. The number of benzene rings is 9. The summed E-state index contributed by atoms with van der Waals surface area (Å²) in [6.07, 6.45) is 0. The number of thiophene rings is 1. The lowest BCUT2D eigenvalue weighted by atomic mass is 9.98. The van der Waals surface area contributed by atoms with Crippen LogP contribution in [0.2, 0.25) is 0 Å². The van der Waals surface area contributed by atoms with Crippen LogP contribution in [0.25, 0.3) is 97.7 Å². The summed E-state index contributed by atoms with van der Waals surface area (Å²) in [5.41, 5.74) is 12.0. The molecule has 0 spiro atoms. The first-order valence-electron chi connectivity index (χ1n) is 19.4. The Morgan fingerprint density at radius 1 is 0.414 bits per heavy atom. The SMILES string of the molecule is c1ccc(-c2nc3ccc4oc5cc(-c6ccc(N(c7ccc(-c8cccc9ccccc89)cc7)c7ccc8c(c7)sc7ccccc78)cc6)ccc5c4c3o2)cc1. The molecule has 9 aromatic carbocycles. The molecule has 12 rings (SSSR count). The van der Waals surface area contributed by atoms with Crippen LogP contribution in [0.5, 0.6) is 0 Å². The van der Waals surface area contributed by atoms with Gasteiger partial charge in [0.15, 0.2) is 5.58 Å². The van der Waals surface area contributed by atoms with E-state index < -0.39 is 0 Å². The van der Waals surface area contributed by atoms with Gasteiger partial charge in [0.1, 0.15) is 16.7 Å². The zero-order valence-corrected chi connectivity index (χ0v) is 31.9. The fraction of sp³-hybridized carbons (Fsp3) is 0. The Kier molecular flexibility index (Phi) is 7.37. The summed E-state index contributed by atoms with van der Waals surface area (Å²) in [6.45, 7) is 0. The first-order valence-corrected chi connectivity index (χ1v) is 20.2. The fourth-order valence-electron chi connectivity index (χ4n) is 8.50. The van der Waals surface area contributed by atoms with Gasteiger partial charge < -0.3 is 13.7 Å². The average molecular weight is 761 g/mol. The Morgan fingerprint density at radius 2 is 1.09 bits per heavy atom. The summed E-state index contributed by atoms with van der Waals surface area (Å²) in [6, 6.07) is 68.8. The largest absolute Gasteiger partial charge is 0.456 e. The standard InChI is InChI=1S/C53H32N2O2S/c1-2-10-36(11-3-1)53-54-46-29-30-47-51(52(46)57-53)45-27-21-37(31-48(45)56-47)33-17-22-38(23-18-33)55(40-26-28-44-43-14-6-7-16-49(43)58-50(44)32-40)39-24-19-35(20-25-39)42-15-8-12-34-9-4-5-13-41(34)42/h1-32H. The summed E-state index contributed by atoms with van der Waals surface area (Å²) in [4.78, 5) is 7.15. The van der Waals surface area contributed by atoms with Crippen molar-refractivity contribution in [3.8, 4) is 33.7 Å². The Morgan fingerprint density at radius 3 is 1.93 bits per heavy atom. The lowest BCUT2D eigenvalue weighted by Crippen LogP contribution is -2.09. The predicted octanol–water partition coefficient (Wildman–Crippen LogP) is 15.7. The molecule has 0 atom stereocenters. The van der Waals surface area contributed by atoms with Crippen molar-refractivity contribution in [2.45, 2.75) is 0 Å². The smallest absolute Gasteiger partial charge is 0.227 e. The molecule has 272 valence electrons. The molecule has 0 bridgehead atoms. The van der Waals surface area contributed by atoms with Crippen molar-refractivity contribution in [3.05, 3.63) is 194 Å². The highest BCUT2D eigenvalue weighted by atomic mass is 32.1. The second kappa shape index (κ2) is 13.1. The summed E-state index contributed by atoms with van der Waals surface area (Å²) >= 11 is 1.84. The van der Waals surface area contributed by atoms with Crippen LogP contribution < -0.4 is 4.90 Å². The second-order valence-electron chi connectivity index (χ2n) is 14.7. The van der Waals surface area contributed by atoms with Crippen LogP contribution in [0, 0.1) is 0 Å². The molecule has 0 radical (unpaired) electrons. The Hall–Kier alpha value is -7.47. The van der Waals surface area contributed by atoms with E-state index in [-0.39, 0.29) is 0 Å². The lowest BCUT2D eigenvalue weighted by Gasteiger charge is -2.26. The van der Waals surface area contributed by atoms with Crippen molar-refractivity contribution in [3.63, 3.8) is 0 Å². The van der Waals surface area contributed by atoms with Crippen LogP contribution in [0.1, 0.15) is 0 Å². The monoisotopic (exact) mass is 760 g/mol. The van der Waals surface area contributed by atoms with Crippen LogP contribution in [-0.4, -0.2) is 4.98 Å². The maximum atomic E-state index is 6.44. The summed E-state index contributed by atoms with van der Waals surface area (Å²) < 4.78 is 15.4. The first kappa shape index (κ1) is 32.7. The van der Waals surface area contributed by atoms with E-state index in [0.717, 1.165) is 66.8 Å². The molecule has 12 aromatic rings. The molecule has 0 aliphatic heterocycles. The molecule has 0 saturated heterocycles. The number of hydrogen-bond donors (Lipinski definition) is 0. The van der Waals surface area contributed by atoms with E-state index >= 15 is 0 Å². The molecular formula is C53H32N2O2S. The molecule has 3 aromatic heterocycles. The fourth-order valence-corrected chi connectivity index (χ4v) is 9.64. The number of hydrogen-bond acceptors (Lipinski definition) is 5. The maximum absolute atomic E-state index is 6.44. The van der Waals surface area contributed by atoms with Crippen molar-refractivity contribution in [1.82, 2.24) is 4.98 Å². The van der Waals surface area contributed by atoms with Crippen LogP contribution in [0.4, 0.5) is 17.1 Å². The number of nitrogens with zero attached hydrogens (tertiary/aromatic N) is 2. The maximum Gasteiger partial charge on any atom is 0.227 e.